The van der Waals surface area contributed by atoms with Gasteiger partial charge in [0.25, 0.3) is 0 Å². The zero-order chi connectivity index (χ0) is 14.1. The van der Waals surface area contributed by atoms with Crippen molar-refractivity contribution in [3.8, 4) is 0 Å². The van der Waals surface area contributed by atoms with Gasteiger partial charge in [0.2, 0.25) is 0 Å². The van der Waals surface area contributed by atoms with Gasteiger partial charge in [0.05, 0.1) is 11.0 Å². The number of nitrogens with zero attached hydrogens (tertiary/aromatic N) is 1. The van der Waals surface area contributed by atoms with Gasteiger partial charge in [-0.1, -0.05) is 28.1 Å². The Kier molecular flexibility index (Phi) is 3.49. The van der Waals surface area contributed by atoms with Crippen molar-refractivity contribution in [3.05, 3.63) is 57.8 Å². The Morgan fingerprint density at radius 2 is 2.00 bits per heavy atom. The van der Waals surface area contributed by atoms with E-state index >= 15 is 0 Å². The fraction of sp³-hybridized carbons (Fsp3) is 0.188. The van der Waals surface area contributed by atoms with E-state index in [2.05, 4.69) is 68.5 Å². The molecule has 0 bridgehead atoms. The van der Waals surface area contributed by atoms with E-state index in [1.807, 2.05) is 13.0 Å². The van der Waals surface area contributed by atoms with E-state index in [0.29, 0.717) is 0 Å². The van der Waals surface area contributed by atoms with Gasteiger partial charge in [0.15, 0.2) is 0 Å². The van der Waals surface area contributed by atoms with Crippen LogP contribution in [0.3, 0.4) is 0 Å². The van der Waals surface area contributed by atoms with Gasteiger partial charge >= 0.3 is 0 Å². The summed E-state index contributed by atoms with van der Waals surface area (Å²) in [5.41, 5.74) is 5.70. The lowest BCUT2D eigenvalue weighted by atomic mass is 10.1. The third kappa shape index (κ3) is 2.70. The largest absolute Gasteiger partial charge is 0.381 e. The zero-order valence-electron chi connectivity index (χ0n) is 11.5. The maximum Gasteiger partial charge on any atom is 0.104 e. The van der Waals surface area contributed by atoms with Crippen molar-refractivity contribution in [3.63, 3.8) is 0 Å². The Labute approximate surface area is 126 Å². The maximum atomic E-state index is 4.41. The Morgan fingerprint density at radius 3 is 2.80 bits per heavy atom. The van der Waals surface area contributed by atoms with Gasteiger partial charge in [0.1, 0.15) is 5.82 Å². The molecule has 0 aliphatic carbocycles. The second kappa shape index (κ2) is 5.29. The average molecular weight is 330 g/mol. The molecule has 3 rings (SSSR count). The molecule has 0 amide bonds. The molecule has 0 atom stereocenters. The highest BCUT2D eigenvalue weighted by molar-refractivity contribution is 9.10. The number of aryl methyl sites for hydroxylation is 2. The van der Waals surface area contributed by atoms with E-state index in [0.717, 1.165) is 33.6 Å². The number of aromatic nitrogens is 2. The van der Waals surface area contributed by atoms with Gasteiger partial charge in [-0.2, -0.15) is 0 Å². The van der Waals surface area contributed by atoms with Gasteiger partial charge in [0, 0.05) is 16.7 Å². The molecule has 1 aromatic heterocycles. The molecule has 2 N–H and O–H groups in total. The van der Waals surface area contributed by atoms with Crippen molar-refractivity contribution >= 4 is 32.7 Å². The minimum absolute atomic E-state index is 0.812. The van der Waals surface area contributed by atoms with Crippen LogP contribution in [0, 0.1) is 13.8 Å². The van der Waals surface area contributed by atoms with Crippen LogP contribution in [0.25, 0.3) is 11.0 Å². The van der Waals surface area contributed by atoms with E-state index in [9.17, 15) is 0 Å². The van der Waals surface area contributed by atoms with E-state index in [-0.39, 0.29) is 0 Å². The van der Waals surface area contributed by atoms with Gasteiger partial charge in [-0.15, -0.1) is 0 Å². The summed E-state index contributed by atoms with van der Waals surface area (Å²) in [5.74, 6) is 0.945. The van der Waals surface area contributed by atoms with Crippen LogP contribution in [-0.2, 0) is 6.54 Å². The third-order valence-electron chi connectivity index (χ3n) is 3.32. The summed E-state index contributed by atoms with van der Waals surface area (Å²) < 4.78 is 1.15. The van der Waals surface area contributed by atoms with Crippen molar-refractivity contribution in [2.24, 2.45) is 0 Å². The fourth-order valence-electron chi connectivity index (χ4n) is 2.27. The highest BCUT2D eigenvalue weighted by Crippen LogP contribution is 2.20. The summed E-state index contributed by atoms with van der Waals surface area (Å²) in [4.78, 5) is 7.66. The fourth-order valence-corrected chi connectivity index (χ4v) is 2.51. The van der Waals surface area contributed by atoms with Crippen LogP contribution in [0.1, 0.15) is 17.0 Å². The topological polar surface area (TPSA) is 40.7 Å². The quantitative estimate of drug-likeness (QED) is 0.739. The number of fused-ring (bicyclic) bond motifs is 1. The number of hydrogen-bond acceptors (Lipinski definition) is 2. The smallest absolute Gasteiger partial charge is 0.104 e. The van der Waals surface area contributed by atoms with Crippen LogP contribution in [0.5, 0.6) is 0 Å². The molecule has 3 nitrogen and oxygen atoms in total. The predicted molar refractivity (Wildman–Crippen MR) is 87.0 cm³/mol. The minimum atomic E-state index is 0.812. The first kappa shape index (κ1) is 13.2. The van der Waals surface area contributed by atoms with E-state index in [4.69, 9.17) is 0 Å². The summed E-state index contributed by atoms with van der Waals surface area (Å²) in [7, 11) is 0. The van der Waals surface area contributed by atoms with Crippen molar-refractivity contribution in [1.82, 2.24) is 9.97 Å². The number of anilines is 1. The normalized spacial score (nSPS) is 10.9. The van der Waals surface area contributed by atoms with E-state index < -0.39 is 0 Å². The first-order valence-electron chi connectivity index (χ1n) is 6.57. The number of imidazole rings is 1. The van der Waals surface area contributed by atoms with Crippen molar-refractivity contribution < 1.29 is 0 Å². The number of H-pyrrole nitrogens is 1. The highest BCUT2D eigenvalue weighted by Gasteiger charge is 2.01. The predicted octanol–water partition coefficient (Wildman–Crippen LogP) is 4.55. The summed E-state index contributed by atoms with van der Waals surface area (Å²) >= 11 is 3.52. The number of halogens is 1. The number of hydrogen-bond donors (Lipinski definition) is 2. The van der Waals surface area contributed by atoms with Crippen LogP contribution < -0.4 is 5.32 Å². The molecule has 20 heavy (non-hydrogen) atoms. The molecule has 0 unspecified atom stereocenters. The molecule has 4 heteroatoms. The van der Waals surface area contributed by atoms with Crippen LogP contribution in [0.15, 0.2) is 40.9 Å². The Morgan fingerprint density at radius 1 is 1.15 bits per heavy atom. The van der Waals surface area contributed by atoms with Crippen molar-refractivity contribution in [2.45, 2.75) is 20.4 Å². The lowest BCUT2D eigenvalue weighted by Gasteiger charge is -2.08. The summed E-state index contributed by atoms with van der Waals surface area (Å²) in [6.07, 6.45) is 0. The number of benzene rings is 2. The second-order valence-electron chi connectivity index (χ2n) is 4.99. The second-order valence-corrected chi connectivity index (χ2v) is 5.85. The molecule has 0 radical (unpaired) electrons. The van der Waals surface area contributed by atoms with Crippen molar-refractivity contribution in [2.75, 3.05) is 5.32 Å². The first-order chi connectivity index (χ1) is 9.61. The Bertz CT molecular complexity index is 762. The molecule has 0 saturated heterocycles. The minimum Gasteiger partial charge on any atom is -0.381 e. The Hall–Kier alpha value is -1.81. The van der Waals surface area contributed by atoms with E-state index in [1.165, 1.54) is 11.1 Å². The summed E-state index contributed by atoms with van der Waals surface area (Å²) in [6, 6.07) is 12.6. The summed E-state index contributed by atoms with van der Waals surface area (Å²) in [6.45, 7) is 4.89. The van der Waals surface area contributed by atoms with Crippen LogP contribution in [0.2, 0.25) is 0 Å². The monoisotopic (exact) mass is 329 g/mol. The molecular formula is C16H16BrN3. The first-order valence-corrected chi connectivity index (χ1v) is 7.36. The molecular weight excluding hydrogens is 314 g/mol. The molecule has 0 saturated carbocycles. The van der Waals surface area contributed by atoms with Crippen LogP contribution in [0.4, 0.5) is 5.69 Å². The lowest BCUT2D eigenvalue weighted by molar-refractivity contribution is 1.14. The average Bonchev–Trinajstić information content (AvgIpc) is 2.79. The summed E-state index contributed by atoms with van der Waals surface area (Å²) in [5, 5.41) is 3.45. The van der Waals surface area contributed by atoms with Crippen LogP contribution >= 0.6 is 15.9 Å². The van der Waals surface area contributed by atoms with Crippen molar-refractivity contribution in [1.29, 1.82) is 0 Å². The lowest BCUT2D eigenvalue weighted by Crippen LogP contribution is -1.99. The van der Waals surface area contributed by atoms with E-state index in [1.54, 1.807) is 0 Å². The highest BCUT2D eigenvalue weighted by atomic mass is 79.9. The molecule has 2 aromatic carbocycles. The number of rotatable bonds is 3. The molecule has 0 fully saturated rings. The number of aromatic amines is 1. The van der Waals surface area contributed by atoms with Crippen LogP contribution in [-0.4, -0.2) is 9.97 Å². The molecule has 0 aliphatic rings. The zero-order valence-corrected chi connectivity index (χ0v) is 13.1. The molecule has 1 heterocycles. The third-order valence-corrected chi connectivity index (χ3v) is 4.21. The van der Waals surface area contributed by atoms with Gasteiger partial charge in [-0.25, -0.2) is 4.98 Å². The maximum absolute atomic E-state index is 4.41. The molecule has 0 aliphatic heterocycles. The SMILES string of the molecule is Cc1nc2ccc(NCc3ccc(Br)c(C)c3)cc2[nH]1. The van der Waals surface area contributed by atoms with Gasteiger partial charge in [-0.3, -0.25) is 0 Å². The Balaban J connectivity index is 1.77. The molecule has 102 valence electrons. The van der Waals surface area contributed by atoms with Gasteiger partial charge in [-0.05, 0) is 49.2 Å². The number of nitrogens with one attached hydrogen (secondary N) is 2. The molecule has 3 aromatic rings. The van der Waals surface area contributed by atoms with Gasteiger partial charge < -0.3 is 10.3 Å². The molecule has 0 spiro atoms. The standard InChI is InChI=1S/C16H16BrN3/c1-10-7-12(3-5-14(10)17)9-18-13-4-6-15-16(8-13)20-11(2)19-15/h3-8,18H,9H2,1-2H3,(H,19,20).